The van der Waals surface area contributed by atoms with E-state index in [4.69, 9.17) is 4.74 Å². The molecule has 30 heavy (non-hydrogen) atoms. The van der Waals surface area contributed by atoms with Gasteiger partial charge < -0.3 is 10.1 Å². The van der Waals surface area contributed by atoms with Gasteiger partial charge in [-0.25, -0.2) is 4.79 Å². The largest absolute Gasteiger partial charge is 0.459 e. The molecule has 1 aromatic carbocycles. The zero-order chi connectivity index (χ0) is 21.3. The van der Waals surface area contributed by atoms with Gasteiger partial charge in [-0.15, -0.1) is 0 Å². The number of rotatable bonds is 4. The van der Waals surface area contributed by atoms with Crippen LogP contribution in [0.3, 0.4) is 0 Å². The second-order valence-electron chi connectivity index (χ2n) is 8.28. The highest BCUT2D eigenvalue weighted by atomic mass is 16.6. The molecule has 1 N–H and O–H groups in total. The van der Waals surface area contributed by atoms with Crippen LogP contribution in [0.4, 0.5) is 5.69 Å². The second kappa shape index (κ2) is 8.42. The maximum absolute atomic E-state index is 13.3. The van der Waals surface area contributed by atoms with Crippen LogP contribution in [-0.2, 0) is 14.3 Å². The van der Waals surface area contributed by atoms with Crippen molar-refractivity contribution < 1.29 is 19.2 Å². The molecule has 3 aliphatic rings. The topological polar surface area (TPSA) is 98.5 Å². The van der Waals surface area contributed by atoms with Crippen molar-refractivity contribution in [3.05, 3.63) is 62.5 Å². The van der Waals surface area contributed by atoms with Gasteiger partial charge in [-0.2, -0.15) is 0 Å². The van der Waals surface area contributed by atoms with Crippen LogP contribution in [0.1, 0.15) is 69.8 Å². The molecule has 7 heteroatoms. The Kier molecular flexibility index (Phi) is 5.70. The number of nitrogens with zero attached hydrogens (tertiary/aromatic N) is 1. The van der Waals surface area contributed by atoms with E-state index < -0.39 is 16.8 Å². The molecule has 0 amide bonds. The number of carbonyl (C=O) groups excluding carboxylic acids is 2. The van der Waals surface area contributed by atoms with E-state index in [-0.39, 0.29) is 17.6 Å². The van der Waals surface area contributed by atoms with Crippen LogP contribution < -0.4 is 5.32 Å². The minimum absolute atomic E-state index is 0.0163. The van der Waals surface area contributed by atoms with Gasteiger partial charge in [0.2, 0.25) is 0 Å². The summed E-state index contributed by atoms with van der Waals surface area (Å²) in [5, 5.41) is 14.3. The van der Waals surface area contributed by atoms with Gasteiger partial charge in [0.15, 0.2) is 5.78 Å². The first-order valence-electron chi connectivity index (χ1n) is 10.6. The van der Waals surface area contributed by atoms with Crippen LogP contribution >= 0.6 is 0 Å². The van der Waals surface area contributed by atoms with Gasteiger partial charge in [-0.05, 0) is 51.0 Å². The van der Waals surface area contributed by atoms with Crippen molar-refractivity contribution in [2.24, 2.45) is 0 Å². The number of nitro benzene ring substituents is 1. The highest BCUT2D eigenvalue weighted by Gasteiger charge is 2.39. The van der Waals surface area contributed by atoms with E-state index in [1.54, 1.807) is 12.1 Å². The summed E-state index contributed by atoms with van der Waals surface area (Å²) in [5.74, 6) is -0.950. The third-order valence-corrected chi connectivity index (χ3v) is 6.26. The van der Waals surface area contributed by atoms with E-state index in [1.165, 1.54) is 12.1 Å². The van der Waals surface area contributed by atoms with Gasteiger partial charge in [-0.3, -0.25) is 14.9 Å². The number of carbonyl (C=O) groups is 2. The molecule has 158 valence electrons. The second-order valence-corrected chi connectivity index (χ2v) is 8.28. The molecule has 7 nitrogen and oxygen atoms in total. The Balaban J connectivity index is 1.73. The number of ketones is 1. The Hall–Kier alpha value is -2.96. The number of benzene rings is 1. The van der Waals surface area contributed by atoms with Crippen LogP contribution in [0.5, 0.6) is 0 Å². The van der Waals surface area contributed by atoms with Crippen molar-refractivity contribution in [1.29, 1.82) is 0 Å². The smallest absolute Gasteiger partial charge is 0.337 e. The summed E-state index contributed by atoms with van der Waals surface area (Å²) in [6, 6.07) is 6.12. The SMILES string of the molecule is CC1=C(C(=O)OC2CCCCC2)C(c2ccc([N+](=O)[O-])cc2)C2=C(CCCC2=O)N1. The molecule has 4 rings (SSSR count). The first-order chi connectivity index (χ1) is 14.5. The molecular weight excluding hydrogens is 384 g/mol. The third kappa shape index (κ3) is 3.88. The predicted molar refractivity (Wildman–Crippen MR) is 111 cm³/mol. The normalized spacial score (nSPS) is 22.4. The lowest BCUT2D eigenvalue weighted by atomic mass is 9.75. The number of dihydropyridines is 1. The standard InChI is InChI=1S/C23H26N2O5/c1-14-20(23(27)30-17-6-3-2-4-7-17)21(15-10-12-16(13-11-15)25(28)29)22-18(24-14)8-5-9-19(22)26/h10-13,17,21,24H,2-9H2,1H3. The molecule has 1 fully saturated rings. The molecule has 0 aromatic heterocycles. The first kappa shape index (κ1) is 20.3. The van der Waals surface area contributed by atoms with Crippen molar-refractivity contribution in [2.75, 3.05) is 0 Å². The fourth-order valence-electron chi connectivity index (χ4n) is 4.77. The third-order valence-electron chi connectivity index (χ3n) is 6.26. The number of esters is 1. The maximum Gasteiger partial charge on any atom is 0.337 e. The van der Waals surface area contributed by atoms with Crippen molar-refractivity contribution in [2.45, 2.75) is 70.3 Å². The Morgan fingerprint density at radius 3 is 2.47 bits per heavy atom. The van der Waals surface area contributed by atoms with Gasteiger partial charge in [0.25, 0.3) is 5.69 Å². The minimum Gasteiger partial charge on any atom is -0.459 e. The number of allylic oxidation sites excluding steroid dienone is 3. The molecule has 1 aliphatic heterocycles. The number of ether oxygens (including phenoxy) is 1. The number of nitrogens with one attached hydrogen (secondary N) is 1. The van der Waals surface area contributed by atoms with Crippen molar-refractivity contribution >= 4 is 17.4 Å². The zero-order valence-corrected chi connectivity index (χ0v) is 17.1. The summed E-state index contributed by atoms with van der Waals surface area (Å²) in [6.45, 7) is 1.83. The summed E-state index contributed by atoms with van der Waals surface area (Å²) < 4.78 is 5.85. The number of non-ortho nitro benzene ring substituents is 1. The molecular formula is C23H26N2O5. The summed E-state index contributed by atoms with van der Waals surface area (Å²) in [6.07, 6.45) is 6.84. The first-order valence-corrected chi connectivity index (χ1v) is 10.6. The van der Waals surface area contributed by atoms with Crippen LogP contribution in [0, 0.1) is 10.1 Å². The van der Waals surface area contributed by atoms with E-state index in [0.29, 0.717) is 28.8 Å². The summed E-state index contributed by atoms with van der Waals surface area (Å²) >= 11 is 0. The van der Waals surface area contributed by atoms with E-state index in [9.17, 15) is 19.7 Å². The van der Waals surface area contributed by atoms with Gasteiger partial charge in [0.05, 0.1) is 10.5 Å². The maximum atomic E-state index is 13.3. The van der Waals surface area contributed by atoms with Gasteiger partial charge in [-0.1, -0.05) is 18.6 Å². The lowest BCUT2D eigenvalue weighted by Gasteiger charge is -2.35. The van der Waals surface area contributed by atoms with E-state index >= 15 is 0 Å². The molecule has 1 unspecified atom stereocenters. The quantitative estimate of drug-likeness (QED) is 0.448. The van der Waals surface area contributed by atoms with Crippen LogP contribution in [-0.4, -0.2) is 22.8 Å². The average Bonchev–Trinajstić information content (AvgIpc) is 2.73. The molecule has 0 spiro atoms. The number of hydrogen-bond acceptors (Lipinski definition) is 6. The van der Waals surface area contributed by atoms with Crippen LogP contribution in [0.25, 0.3) is 0 Å². The molecule has 1 saturated carbocycles. The summed E-state index contributed by atoms with van der Waals surface area (Å²) in [7, 11) is 0. The minimum atomic E-state index is -0.564. The Morgan fingerprint density at radius 1 is 1.10 bits per heavy atom. The van der Waals surface area contributed by atoms with Crippen LogP contribution in [0.2, 0.25) is 0 Å². The molecule has 0 saturated heterocycles. The highest BCUT2D eigenvalue weighted by Crippen LogP contribution is 2.43. The molecule has 0 bridgehead atoms. The molecule has 2 aliphatic carbocycles. The zero-order valence-electron chi connectivity index (χ0n) is 17.1. The molecule has 1 atom stereocenters. The van der Waals surface area contributed by atoms with Gasteiger partial charge >= 0.3 is 5.97 Å². The van der Waals surface area contributed by atoms with Crippen LogP contribution in [0.15, 0.2) is 46.8 Å². The van der Waals surface area contributed by atoms with Crippen molar-refractivity contribution in [1.82, 2.24) is 5.32 Å². The lowest BCUT2D eigenvalue weighted by Crippen LogP contribution is -2.35. The van der Waals surface area contributed by atoms with Crippen molar-refractivity contribution in [3.8, 4) is 0 Å². The molecule has 0 radical (unpaired) electrons. The summed E-state index contributed by atoms with van der Waals surface area (Å²) in [4.78, 5) is 36.7. The monoisotopic (exact) mass is 410 g/mol. The fraction of sp³-hybridized carbons (Fsp3) is 0.478. The van der Waals surface area contributed by atoms with E-state index in [2.05, 4.69) is 5.32 Å². The summed E-state index contributed by atoms with van der Waals surface area (Å²) in [5.41, 5.74) is 3.23. The van der Waals surface area contributed by atoms with Gasteiger partial charge in [0.1, 0.15) is 6.10 Å². The number of hydrogen-bond donors (Lipinski definition) is 1. The number of Topliss-reactive ketones (excluding diaryl/α,β-unsaturated/α-hetero) is 1. The number of nitro groups is 1. The van der Waals surface area contributed by atoms with Crippen molar-refractivity contribution in [3.63, 3.8) is 0 Å². The Bertz CT molecular complexity index is 939. The molecule has 1 heterocycles. The Labute approximate surface area is 175 Å². The highest BCUT2D eigenvalue weighted by molar-refractivity contribution is 6.03. The van der Waals surface area contributed by atoms with E-state index in [0.717, 1.165) is 50.6 Å². The predicted octanol–water partition coefficient (Wildman–Crippen LogP) is 4.44. The lowest BCUT2D eigenvalue weighted by molar-refractivity contribution is -0.384. The molecule has 1 aromatic rings. The van der Waals surface area contributed by atoms with Gasteiger partial charge in [0, 0.05) is 41.4 Å². The fourth-order valence-corrected chi connectivity index (χ4v) is 4.77. The average molecular weight is 410 g/mol. The Morgan fingerprint density at radius 2 is 1.80 bits per heavy atom. The van der Waals surface area contributed by atoms with E-state index in [1.807, 2.05) is 6.92 Å².